The van der Waals surface area contributed by atoms with Gasteiger partial charge in [-0.15, -0.1) is 26.2 Å². The third-order valence-corrected chi connectivity index (χ3v) is 1.54. The molecule has 0 aliphatic carbocycles. The highest BCUT2D eigenvalue weighted by Crippen LogP contribution is 2.06. The number of hydrogen-bond donors (Lipinski definition) is 1. The van der Waals surface area contributed by atoms with Crippen molar-refractivity contribution in [2.45, 2.75) is 25.4 Å². The fraction of sp³-hybridized carbons (Fsp3) is 0.800. The molecule has 2 nitrogen and oxygen atoms in total. The first kappa shape index (κ1) is 12.1. The number of carbonyl (C=O) groups is 1. The zero-order valence-electron chi connectivity index (χ0n) is 5.33. The predicted octanol–water partition coefficient (Wildman–Crippen LogP) is 1.69. The summed E-state index contributed by atoms with van der Waals surface area (Å²) in [5.74, 6) is -0.725. The predicted molar refractivity (Wildman–Crippen MR) is 46.4 cm³/mol. The van der Waals surface area contributed by atoms with Gasteiger partial charge < -0.3 is 5.11 Å². The second-order valence-corrected chi connectivity index (χ2v) is 2.54. The number of hydrogen-bond acceptors (Lipinski definition) is 1. The lowest BCUT2D eigenvalue weighted by Gasteiger charge is -1.99. The van der Waals surface area contributed by atoms with Gasteiger partial charge in [0.1, 0.15) is 0 Å². The molecule has 9 heavy (non-hydrogen) atoms. The average molecular weight is 215 g/mol. The molecule has 0 heterocycles. The molecule has 2 unspecified atom stereocenters. The van der Waals surface area contributed by atoms with Gasteiger partial charge in [-0.05, 0) is 6.42 Å². The monoisotopic (exact) mass is 214 g/mol. The minimum absolute atomic E-state index is 0. The van der Waals surface area contributed by atoms with Crippen LogP contribution in [0.4, 0.5) is 0 Å². The lowest BCUT2D eigenvalue weighted by Crippen LogP contribution is -2.11. The van der Waals surface area contributed by atoms with Crippen LogP contribution in [0.15, 0.2) is 0 Å². The molecule has 0 aromatic carbocycles. The van der Waals surface area contributed by atoms with E-state index in [1.807, 2.05) is 6.92 Å². The van der Waals surface area contributed by atoms with Gasteiger partial charge in [0.2, 0.25) is 0 Å². The maximum absolute atomic E-state index is 10.1. The fourth-order valence-corrected chi connectivity index (χ4v) is 0.768. The van der Waals surface area contributed by atoms with Crippen LogP contribution in [0.25, 0.3) is 0 Å². The summed E-state index contributed by atoms with van der Waals surface area (Å²) in [7, 11) is 2.29. The van der Waals surface area contributed by atoms with E-state index in [-0.39, 0.29) is 22.6 Å². The van der Waals surface area contributed by atoms with Crippen molar-refractivity contribution in [3.63, 3.8) is 0 Å². The molecular formula is C5H12BrO2P. The van der Waals surface area contributed by atoms with Gasteiger partial charge in [0.15, 0.2) is 0 Å². The van der Waals surface area contributed by atoms with E-state index in [9.17, 15) is 4.79 Å². The van der Waals surface area contributed by atoms with Gasteiger partial charge in [-0.25, -0.2) is 0 Å². The van der Waals surface area contributed by atoms with Crippen LogP contribution in [0.3, 0.4) is 0 Å². The van der Waals surface area contributed by atoms with E-state index in [1.54, 1.807) is 0 Å². The van der Waals surface area contributed by atoms with Crippen molar-refractivity contribution in [2.75, 3.05) is 0 Å². The van der Waals surface area contributed by atoms with Gasteiger partial charge >= 0.3 is 5.97 Å². The Bertz CT molecular complexity index is 87.0. The largest absolute Gasteiger partial charge is 0.481 e. The smallest absolute Gasteiger partial charge is 0.310 e. The van der Waals surface area contributed by atoms with E-state index in [2.05, 4.69) is 9.24 Å². The molecule has 4 heteroatoms. The Morgan fingerprint density at radius 2 is 2.22 bits per heavy atom. The number of carboxylic acids is 1. The minimum atomic E-state index is -0.725. The Labute approximate surface area is 68.0 Å². The number of rotatable bonds is 3. The van der Waals surface area contributed by atoms with Gasteiger partial charge in [0.25, 0.3) is 0 Å². The number of halogens is 1. The van der Waals surface area contributed by atoms with Crippen LogP contribution in [0.5, 0.6) is 0 Å². The highest BCUT2D eigenvalue weighted by Gasteiger charge is 2.07. The summed E-state index contributed by atoms with van der Waals surface area (Å²) in [4.78, 5) is 10.1. The molecular weight excluding hydrogens is 203 g/mol. The number of carboxylic acid groups (broad SMARTS) is 1. The Kier molecular flexibility index (Phi) is 8.73. The molecule has 1 N–H and O–H groups in total. The van der Waals surface area contributed by atoms with Gasteiger partial charge in [-0.1, -0.05) is 13.3 Å². The molecule has 0 bridgehead atoms. The normalized spacial score (nSPS) is 11.8. The van der Waals surface area contributed by atoms with Gasteiger partial charge in [-0.2, -0.15) is 0 Å². The van der Waals surface area contributed by atoms with Crippen molar-refractivity contribution < 1.29 is 9.90 Å². The third kappa shape index (κ3) is 6.26. The lowest BCUT2D eigenvalue weighted by molar-refractivity contribution is -0.136. The van der Waals surface area contributed by atoms with Crippen LogP contribution in [-0.4, -0.2) is 16.7 Å². The Morgan fingerprint density at radius 1 is 1.78 bits per heavy atom. The Hall–Kier alpha value is 0.380. The van der Waals surface area contributed by atoms with E-state index < -0.39 is 5.97 Å². The summed E-state index contributed by atoms with van der Waals surface area (Å²) in [6.45, 7) is 1.97. The standard InChI is InChI=1S/C5H11O2P.BrH/c1-2-3-4(8)5(6)7;/h4H,2-3,8H2,1H3,(H,6,7);1H. The Morgan fingerprint density at radius 3 is 2.33 bits per heavy atom. The van der Waals surface area contributed by atoms with Crippen molar-refractivity contribution in [2.24, 2.45) is 0 Å². The first-order valence-electron chi connectivity index (χ1n) is 2.67. The lowest BCUT2D eigenvalue weighted by atomic mass is 10.2. The molecule has 0 saturated heterocycles. The van der Waals surface area contributed by atoms with Crippen LogP contribution in [0, 0.1) is 0 Å². The highest BCUT2D eigenvalue weighted by atomic mass is 79.9. The molecule has 0 aromatic rings. The quantitative estimate of drug-likeness (QED) is 0.727. The van der Waals surface area contributed by atoms with Crippen molar-refractivity contribution in [3.8, 4) is 0 Å². The first-order chi connectivity index (χ1) is 3.68. The highest BCUT2D eigenvalue weighted by molar-refractivity contribution is 8.93. The molecule has 56 valence electrons. The van der Waals surface area contributed by atoms with Crippen LogP contribution in [-0.2, 0) is 4.79 Å². The van der Waals surface area contributed by atoms with Crippen molar-refractivity contribution in [3.05, 3.63) is 0 Å². The second kappa shape index (κ2) is 6.50. The summed E-state index contributed by atoms with van der Waals surface area (Å²) in [6.07, 6.45) is 1.68. The molecule has 0 amide bonds. The van der Waals surface area contributed by atoms with Crippen molar-refractivity contribution >= 4 is 32.2 Å². The minimum Gasteiger partial charge on any atom is -0.481 e. The molecule has 0 rings (SSSR count). The maximum atomic E-state index is 10.1. The molecule has 0 aliphatic heterocycles. The average Bonchev–Trinajstić information content (AvgIpc) is 1.67. The molecule has 2 atom stereocenters. The van der Waals surface area contributed by atoms with E-state index >= 15 is 0 Å². The van der Waals surface area contributed by atoms with E-state index in [1.165, 1.54) is 0 Å². The summed E-state index contributed by atoms with van der Waals surface area (Å²) < 4.78 is 0. The second-order valence-electron chi connectivity index (χ2n) is 1.73. The van der Waals surface area contributed by atoms with Gasteiger partial charge in [0, 0.05) is 0 Å². The third-order valence-electron chi connectivity index (χ3n) is 0.917. The Balaban J connectivity index is 0. The SMILES string of the molecule is Br.CCCC(P)C(=O)O. The van der Waals surface area contributed by atoms with Gasteiger partial charge in [0.05, 0.1) is 5.66 Å². The summed E-state index contributed by atoms with van der Waals surface area (Å²) in [6, 6.07) is 0. The molecule has 0 aromatic heterocycles. The molecule has 0 radical (unpaired) electrons. The first-order valence-corrected chi connectivity index (χ1v) is 3.33. The molecule has 0 fully saturated rings. The van der Waals surface area contributed by atoms with Crippen LogP contribution >= 0.6 is 26.2 Å². The molecule has 0 aliphatic rings. The fourth-order valence-electron chi connectivity index (χ4n) is 0.434. The van der Waals surface area contributed by atoms with Crippen molar-refractivity contribution in [1.82, 2.24) is 0 Å². The van der Waals surface area contributed by atoms with E-state index in [0.29, 0.717) is 0 Å². The summed E-state index contributed by atoms with van der Waals surface area (Å²) in [5.41, 5.74) is -0.250. The summed E-state index contributed by atoms with van der Waals surface area (Å²) in [5, 5.41) is 8.29. The van der Waals surface area contributed by atoms with E-state index in [4.69, 9.17) is 5.11 Å². The number of aliphatic carboxylic acids is 1. The van der Waals surface area contributed by atoms with Crippen LogP contribution in [0.2, 0.25) is 0 Å². The summed E-state index contributed by atoms with van der Waals surface area (Å²) >= 11 is 0. The topological polar surface area (TPSA) is 37.3 Å². The van der Waals surface area contributed by atoms with Crippen molar-refractivity contribution in [1.29, 1.82) is 0 Å². The van der Waals surface area contributed by atoms with Gasteiger partial charge in [-0.3, -0.25) is 4.79 Å². The van der Waals surface area contributed by atoms with Crippen LogP contribution < -0.4 is 0 Å². The zero-order valence-corrected chi connectivity index (χ0v) is 8.20. The van der Waals surface area contributed by atoms with E-state index in [0.717, 1.165) is 12.8 Å². The zero-order chi connectivity index (χ0) is 6.57. The van der Waals surface area contributed by atoms with Crippen LogP contribution in [0.1, 0.15) is 19.8 Å². The maximum Gasteiger partial charge on any atom is 0.310 e. The molecule has 0 saturated carbocycles. The molecule has 0 spiro atoms.